The fourth-order valence-electron chi connectivity index (χ4n) is 4.40. The average Bonchev–Trinajstić information content (AvgIpc) is 3.37. The summed E-state index contributed by atoms with van der Waals surface area (Å²) in [6.07, 6.45) is 0. The fourth-order valence-corrected chi connectivity index (χ4v) is 4.62. The number of nitrogens with one attached hydrogen (secondary N) is 3. The molecular formula is C30H31ClN6O6. The molecule has 2 amide bonds. The van der Waals surface area contributed by atoms with Gasteiger partial charge in [0, 0.05) is 36.8 Å². The highest BCUT2D eigenvalue weighted by molar-refractivity contribution is 6.33. The third-order valence-electron chi connectivity index (χ3n) is 6.42. The maximum absolute atomic E-state index is 13.1. The summed E-state index contributed by atoms with van der Waals surface area (Å²) in [6.45, 7) is 2.74. The maximum atomic E-state index is 13.1. The van der Waals surface area contributed by atoms with Gasteiger partial charge in [-0.25, -0.2) is 0 Å². The molecule has 1 heterocycles. The molecule has 43 heavy (non-hydrogen) atoms. The lowest BCUT2D eigenvalue weighted by Gasteiger charge is -2.13. The van der Waals surface area contributed by atoms with Crippen LogP contribution < -0.4 is 20.7 Å². The molecule has 0 bridgehead atoms. The number of halogens is 1. The predicted octanol–water partition coefficient (Wildman–Crippen LogP) is 5.38. The van der Waals surface area contributed by atoms with E-state index in [4.69, 9.17) is 20.9 Å². The van der Waals surface area contributed by atoms with Crippen molar-refractivity contribution in [1.29, 1.82) is 0 Å². The molecule has 0 spiro atoms. The molecule has 4 aromatic rings. The molecule has 0 aliphatic heterocycles. The van der Waals surface area contributed by atoms with E-state index < -0.39 is 16.7 Å². The summed E-state index contributed by atoms with van der Waals surface area (Å²) < 4.78 is 10.7. The standard InChI is InChI=1S/C30H31ClN6O6/c1-18-27(28(35-43-18)21-7-5-6-8-26(21)42-4)30(39)33-14-13-32-23-16-24(25(37(40)41)15-22(23)31)34-29(38)20-11-9-19(10-12-20)17-36(2)3/h5-12,15-16,32H,13-14,17H2,1-4H3,(H,33,39)(H,34,38). The van der Waals surface area contributed by atoms with Crippen molar-refractivity contribution in [3.63, 3.8) is 0 Å². The van der Waals surface area contributed by atoms with Gasteiger partial charge in [0.25, 0.3) is 17.5 Å². The van der Waals surface area contributed by atoms with E-state index in [1.54, 1.807) is 37.3 Å². The van der Waals surface area contributed by atoms with Gasteiger partial charge in [0.05, 0.1) is 22.7 Å². The van der Waals surface area contributed by atoms with Gasteiger partial charge in [-0.15, -0.1) is 0 Å². The highest BCUT2D eigenvalue weighted by atomic mass is 35.5. The van der Waals surface area contributed by atoms with E-state index in [1.807, 2.05) is 37.2 Å². The van der Waals surface area contributed by atoms with E-state index in [1.165, 1.54) is 13.2 Å². The zero-order valence-corrected chi connectivity index (χ0v) is 24.8. The molecule has 3 N–H and O–H groups in total. The summed E-state index contributed by atoms with van der Waals surface area (Å²) >= 11 is 6.32. The van der Waals surface area contributed by atoms with Gasteiger partial charge >= 0.3 is 0 Å². The third kappa shape index (κ3) is 7.48. The summed E-state index contributed by atoms with van der Waals surface area (Å²) in [4.78, 5) is 39.1. The Bertz CT molecular complexity index is 1640. The van der Waals surface area contributed by atoms with Gasteiger partial charge < -0.3 is 30.1 Å². The predicted molar refractivity (Wildman–Crippen MR) is 164 cm³/mol. The van der Waals surface area contributed by atoms with Crippen molar-refractivity contribution in [2.45, 2.75) is 13.5 Å². The minimum atomic E-state index is -0.619. The molecule has 4 rings (SSSR count). The van der Waals surface area contributed by atoms with E-state index in [9.17, 15) is 19.7 Å². The first-order valence-electron chi connectivity index (χ1n) is 13.2. The molecule has 0 fully saturated rings. The minimum absolute atomic E-state index is 0.0233. The number of nitro groups is 1. The molecule has 0 aliphatic carbocycles. The van der Waals surface area contributed by atoms with Gasteiger partial charge in [-0.1, -0.05) is 41.0 Å². The van der Waals surface area contributed by atoms with Crippen molar-refractivity contribution in [1.82, 2.24) is 15.4 Å². The van der Waals surface area contributed by atoms with Gasteiger partial charge in [-0.3, -0.25) is 19.7 Å². The topological polar surface area (TPSA) is 152 Å². The Morgan fingerprint density at radius 3 is 2.44 bits per heavy atom. The number of ether oxygens (including phenoxy) is 1. The summed E-state index contributed by atoms with van der Waals surface area (Å²) in [5, 5.41) is 24.3. The average molecular weight is 607 g/mol. The molecule has 0 radical (unpaired) electrons. The van der Waals surface area contributed by atoms with Crippen LogP contribution in [0.1, 0.15) is 32.0 Å². The number of methoxy groups -OCH3 is 1. The SMILES string of the molecule is COc1ccccc1-c1noc(C)c1C(=O)NCCNc1cc(NC(=O)c2ccc(CN(C)C)cc2)c([N+](=O)[O-])cc1Cl. The van der Waals surface area contributed by atoms with Gasteiger partial charge in [0.1, 0.15) is 28.5 Å². The third-order valence-corrected chi connectivity index (χ3v) is 6.74. The van der Waals surface area contributed by atoms with Crippen LogP contribution in [0, 0.1) is 17.0 Å². The first-order valence-corrected chi connectivity index (χ1v) is 13.6. The number of benzene rings is 3. The van der Waals surface area contributed by atoms with E-state index in [0.717, 1.165) is 11.6 Å². The Hall–Kier alpha value is -4.94. The summed E-state index contributed by atoms with van der Waals surface area (Å²) in [6, 6.07) is 16.7. The number of aryl methyl sites for hydroxylation is 1. The van der Waals surface area contributed by atoms with E-state index >= 15 is 0 Å². The molecule has 224 valence electrons. The first kappa shape index (κ1) is 31.0. The second-order valence-electron chi connectivity index (χ2n) is 9.84. The normalized spacial score (nSPS) is 10.8. The molecule has 0 saturated heterocycles. The molecular weight excluding hydrogens is 576 g/mol. The quantitative estimate of drug-likeness (QED) is 0.110. The van der Waals surface area contributed by atoms with Gasteiger partial charge in [0.15, 0.2) is 0 Å². The van der Waals surface area contributed by atoms with Gasteiger partial charge in [-0.05, 0) is 56.9 Å². The smallest absolute Gasteiger partial charge is 0.294 e. The molecule has 0 saturated carbocycles. The van der Waals surface area contributed by atoms with E-state index in [2.05, 4.69) is 21.1 Å². The highest BCUT2D eigenvalue weighted by Gasteiger charge is 2.24. The number of hydrogen-bond donors (Lipinski definition) is 3. The number of nitrogens with zero attached hydrogens (tertiary/aromatic N) is 3. The van der Waals surface area contributed by atoms with Crippen molar-refractivity contribution in [2.75, 3.05) is 44.9 Å². The summed E-state index contributed by atoms with van der Waals surface area (Å²) in [5.41, 5.74) is 2.58. The molecule has 0 unspecified atom stereocenters. The number of carbonyl (C=O) groups is 2. The van der Waals surface area contributed by atoms with Crippen LogP contribution in [0.5, 0.6) is 5.75 Å². The number of para-hydroxylation sites is 1. The second-order valence-corrected chi connectivity index (χ2v) is 10.2. The largest absolute Gasteiger partial charge is 0.496 e. The first-order chi connectivity index (χ1) is 20.6. The van der Waals surface area contributed by atoms with Crippen LogP contribution in [0.15, 0.2) is 65.2 Å². The lowest BCUT2D eigenvalue weighted by molar-refractivity contribution is -0.383. The number of carbonyl (C=O) groups excluding carboxylic acids is 2. The van der Waals surface area contributed by atoms with Crippen LogP contribution in [0.4, 0.5) is 17.1 Å². The lowest BCUT2D eigenvalue weighted by atomic mass is 10.0. The Labute approximate surface area is 253 Å². The van der Waals surface area contributed by atoms with Crippen LogP contribution in [0.2, 0.25) is 5.02 Å². The van der Waals surface area contributed by atoms with E-state index in [0.29, 0.717) is 40.6 Å². The van der Waals surface area contributed by atoms with Crippen molar-refractivity contribution >= 4 is 40.5 Å². The second kappa shape index (κ2) is 13.8. The minimum Gasteiger partial charge on any atom is -0.496 e. The number of nitro benzene ring substituents is 1. The summed E-state index contributed by atoms with van der Waals surface area (Å²) in [5.74, 6) is -0.0168. The lowest BCUT2D eigenvalue weighted by Crippen LogP contribution is -2.29. The van der Waals surface area contributed by atoms with Crippen molar-refractivity contribution < 1.29 is 23.8 Å². The van der Waals surface area contributed by atoms with Gasteiger partial charge in [-0.2, -0.15) is 0 Å². The van der Waals surface area contributed by atoms with Crippen LogP contribution in [0.3, 0.4) is 0 Å². The van der Waals surface area contributed by atoms with Crippen LogP contribution in [0.25, 0.3) is 11.3 Å². The Balaban J connectivity index is 1.43. The number of rotatable bonds is 12. The highest BCUT2D eigenvalue weighted by Crippen LogP contribution is 2.35. The van der Waals surface area contributed by atoms with Crippen LogP contribution in [-0.2, 0) is 6.54 Å². The Morgan fingerprint density at radius 2 is 1.77 bits per heavy atom. The Morgan fingerprint density at radius 1 is 1.05 bits per heavy atom. The van der Waals surface area contributed by atoms with Gasteiger partial charge in [0.2, 0.25) is 0 Å². The van der Waals surface area contributed by atoms with Crippen molar-refractivity contribution in [3.8, 4) is 17.0 Å². The van der Waals surface area contributed by atoms with Crippen LogP contribution in [-0.4, -0.2) is 61.1 Å². The summed E-state index contributed by atoms with van der Waals surface area (Å²) in [7, 11) is 5.41. The monoisotopic (exact) mass is 606 g/mol. The van der Waals surface area contributed by atoms with Crippen molar-refractivity contribution in [3.05, 3.63) is 98.3 Å². The molecule has 0 atom stereocenters. The number of anilines is 2. The number of hydrogen-bond acceptors (Lipinski definition) is 9. The fraction of sp³-hybridized carbons (Fsp3) is 0.233. The zero-order valence-electron chi connectivity index (χ0n) is 24.1. The number of amides is 2. The molecule has 3 aromatic carbocycles. The van der Waals surface area contributed by atoms with E-state index in [-0.39, 0.29) is 35.1 Å². The van der Waals surface area contributed by atoms with Crippen LogP contribution >= 0.6 is 11.6 Å². The van der Waals surface area contributed by atoms with Crippen molar-refractivity contribution in [2.24, 2.45) is 0 Å². The molecule has 1 aromatic heterocycles. The zero-order chi connectivity index (χ0) is 31.1. The molecule has 12 nitrogen and oxygen atoms in total. The number of aromatic nitrogens is 1. The molecule has 13 heteroatoms. The molecule has 0 aliphatic rings. The Kier molecular flexibility index (Phi) is 9.96. The maximum Gasteiger partial charge on any atom is 0.294 e.